The maximum absolute atomic E-state index is 12.8. The minimum atomic E-state index is -1.34. The molecule has 2 aromatic rings. The molecule has 5 nitrogen and oxygen atoms in total. The van der Waals surface area contributed by atoms with Crippen molar-refractivity contribution in [2.45, 2.75) is 26.2 Å². The average Bonchev–Trinajstić information content (AvgIpc) is 2.61. The van der Waals surface area contributed by atoms with Gasteiger partial charge in [-0.05, 0) is 30.7 Å². The summed E-state index contributed by atoms with van der Waals surface area (Å²) in [6.45, 7) is 1.95. The molecule has 1 N–H and O–H groups in total. The van der Waals surface area contributed by atoms with Gasteiger partial charge >= 0.3 is 0 Å². The van der Waals surface area contributed by atoms with E-state index >= 15 is 0 Å². The number of carbonyl (C=O) groups is 2. The van der Waals surface area contributed by atoms with Crippen LogP contribution in [0.4, 0.5) is 11.4 Å². The van der Waals surface area contributed by atoms with Crippen molar-refractivity contribution in [1.82, 2.24) is 0 Å². The molecule has 0 bridgehead atoms. The van der Waals surface area contributed by atoms with E-state index < -0.39 is 17.8 Å². The fraction of sp³-hybridized carbons (Fsp3) is 0.263. The number of aliphatic carboxylic acids is 1. The van der Waals surface area contributed by atoms with Crippen LogP contribution in [0.1, 0.15) is 26.2 Å². The lowest BCUT2D eigenvalue weighted by atomic mass is 10.0. The summed E-state index contributed by atoms with van der Waals surface area (Å²) in [4.78, 5) is 24.3. The zero-order valence-corrected chi connectivity index (χ0v) is 13.6. The summed E-state index contributed by atoms with van der Waals surface area (Å²) in [7, 11) is 0. The monoisotopic (exact) mass is 325 g/mol. The zero-order valence-electron chi connectivity index (χ0n) is 13.6. The summed E-state index contributed by atoms with van der Waals surface area (Å²) in [5.74, 6) is -3.05. The van der Waals surface area contributed by atoms with Crippen LogP contribution in [0.3, 0.4) is 0 Å². The second kappa shape index (κ2) is 8.72. The van der Waals surface area contributed by atoms with Gasteiger partial charge in [0.05, 0.1) is 23.3 Å². The second-order valence-corrected chi connectivity index (χ2v) is 5.50. The topological polar surface area (TPSA) is 72.5 Å². The molecule has 24 heavy (non-hydrogen) atoms. The number of hydrogen-bond acceptors (Lipinski definition) is 4. The molecule has 1 amide bonds. The van der Waals surface area contributed by atoms with Gasteiger partial charge in [-0.2, -0.15) is 0 Å². The number of amides is 1. The van der Waals surface area contributed by atoms with Gasteiger partial charge in [0.25, 0.3) is 5.91 Å². The van der Waals surface area contributed by atoms with Crippen molar-refractivity contribution < 1.29 is 14.7 Å². The summed E-state index contributed by atoms with van der Waals surface area (Å²) in [5.41, 5.74) is 4.27. The highest BCUT2D eigenvalue weighted by molar-refractivity contribution is 6.06. The first-order valence-electron chi connectivity index (χ1n) is 8.05. The maximum Gasteiger partial charge on any atom is 0.254 e. The number of nitrogens with zero attached hydrogens (tertiary/aromatic N) is 1. The van der Waals surface area contributed by atoms with Crippen molar-refractivity contribution in [3.63, 3.8) is 0 Å². The molecule has 0 aromatic heterocycles. The summed E-state index contributed by atoms with van der Waals surface area (Å²) in [6, 6.07) is 18.1. The van der Waals surface area contributed by atoms with Crippen LogP contribution in [0.2, 0.25) is 0 Å². The van der Waals surface area contributed by atoms with E-state index in [0.29, 0.717) is 17.8 Å². The summed E-state index contributed by atoms with van der Waals surface area (Å²) < 4.78 is 0. The predicted molar refractivity (Wildman–Crippen MR) is 92.0 cm³/mol. The van der Waals surface area contributed by atoms with Crippen molar-refractivity contribution >= 4 is 23.3 Å². The van der Waals surface area contributed by atoms with E-state index in [0.717, 1.165) is 6.42 Å². The van der Waals surface area contributed by atoms with Gasteiger partial charge in [0, 0.05) is 0 Å². The molecule has 0 aliphatic rings. The fourth-order valence-electron chi connectivity index (χ4n) is 2.37. The van der Waals surface area contributed by atoms with Gasteiger partial charge in [0.15, 0.2) is 0 Å². The van der Waals surface area contributed by atoms with Crippen molar-refractivity contribution in [1.29, 1.82) is 0 Å². The maximum atomic E-state index is 12.8. The van der Waals surface area contributed by atoms with Gasteiger partial charge in [-0.15, -0.1) is 0 Å². The number of nitrogens with one attached hydrogen (secondary N) is 1. The van der Waals surface area contributed by atoms with E-state index in [1.165, 1.54) is 5.01 Å². The number of hydrogen-bond donors (Lipinski definition) is 1. The van der Waals surface area contributed by atoms with E-state index in [-0.39, 0.29) is 6.42 Å². The zero-order chi connectivity index (χ0) is 17.4. The molecule has 126 valence electrons. The average molecular weight is 325 g/mol. The molecule has 0 saturated carbocycles. The van der Waals surface area contributed by atoms with Crippen LogP contribution in [-0.4, -0.2) is 11.9 Å². The Bertz CT molecular complexity index is 659. The third-order valence-corrected chi connectivity index (χ3v) is 3.68. The molecular formula is C19H21N2O3-. The van der Waals surface area contributed by atoms with Crippen molar-refractivity contribution in [2.24, 2.45) is 5.92 Å². The molecule has 0 saturated heterocycles. The molecule has 0 aliphatic heterocycles. The third kappa shape index (κ3) is 4.59. The van der Waals surface area contributed by atoms with Crippen molar-refractivity contribution in [3.8, 4) is 0 Å². The number of rotatable bonds is 8. The van der Waals surface area contributed by atoms with Crippen LogP contribution >= 0.6 is 0 Å². The minimum Gasteiger partial charge on any atom is -0.549 e. The number of para-hydroxylation sites is 2. The van der Waals surface area contributed by atoms with E-state index in [4.69, 9.17) is 0 Å². The van der Waals surface area contributed by atoms with Gasteiger partial charge < -0.3 is 9.90 Å². The van der Waals surface area contributed by atoms with Crippen LogP contribution in [0.5, 0.6) is 0 Å². The number of unbranched alkanes of at least 4 members (excludes halogenated alkanes) is 1. The van der Waals surface area contributed by atoms with Crippen LogP contribution in [-0.2, 0) is 9.59 Å². The summed E-state index contributed by atoms with van der Waals surface area (Å²) in [6.07, 6.45) is 1.73. The Balaban J connectivity index is 2.30. The van der Waals surface area contributed by atoms with E-state index in [1.807, 2.05) is 43.3 Å². The highest BCUT2D eigenvalue weighted by Crippen LogP contribution is 2.21. The number of benzene rings is 2. The highest BCUT2D eigenvalue weighted by atomic mass is 16.4. The third-order valence-electron chi connectivity index (χ3n) is 3.68. The van der Waals surface area contributed by atoms with Crippen molar-refractivity contribution in [3.05, 3.63) is 60.7 Å². The number of hydrazine groups is 1. The lowest BCUT2D eigenvalue weighted by molar-refractivity contribution is -0.310. The van der Waals surface area contributed by atoms with Gasteiger partial charge in [0.2, 0.25) is 0 Å². The summed E-state index contributed by atoms with van der Waals surface area (Å²) in [5, 5.41) is 12.7. The van der Waals surface area contributed by atoms with E-state index in [1.54, 1.807) is 24.3 Å². The molecule has 0 radical (unpaired) electrons. The second-order valence-electron chi connectivity index (χ2n) is 5.50. The van der Waals surface area contributed by atoms with Gasteiger partial charge in [0.1, 0.15) is 0 Å². The standard InChI is InChI=1S/C19H22N2O3/c1-2-3-14-17(19(23)24)18(22)21(16-12-8-5-9-13-16)20-15-10-6-4-7-11-15/h4-13,17,20H,2-3,14H2,1H3,(H,23,24)/p-1. The fourth-order valence-corrected chi connectivity index (χ4v) is 2.37. The van der Waals surface area contributed by atoms with E-state index in [2.05, 4.69) is 5.43 Å². The van der Waals surface area contributed by atoms with Gasteiger partial charge in [-0.3, -0.25) is 10.2 Å². The molecular weight excluding hydrogens is 304 g/mol. The first kappa shape index (κ1) is 17.5. The normalized spacial score (nSPS) is 11.5. The first-order valence-corrected chi connectivity index (χ1v) is 8.05. The number of carboxylic acids is 1. The molecule has 5 heteroatoms. The molecule has 0 fully saturated rings. The summed E-state index contributed by atoms with van der Waals surface area (Å²) >= 11 is 0. The van der Waals surface area contributed by atoms with Gasteiger partial charge in [-0.25, -0.2) is 5.01 Å². The Kier molecular flexibility index (Phi) is 6.37. The molecule has 1 atom stereocenters. The van der Waals surface area contributed by atoms with Crippen LogP contribution < -0.4 is 15.5 Å². The number of carbonyl (C=O) groups excluding carboxylic acids is 2. The molecule has 0 heterocycles. The Morgan fingerprint density at radius 2 is 1.62 bits per heavy atom. The Labute approximate surface area is 141 Å². The minimum absolute atomic E-state index is 0.261. The molecule has 2 aromatic carbocycles. The largest absolute Gasteiger partial charge is 0.549 e. The van der Waals surface area contributed by atoms with Crippen molar-refractivity contribution in [2.75, 3.05) is 10.4 Å². The number of carboxylic acid groups (broad SMARTS) is 1. The molecule has 0 spiro atoms. The molecule has 2 rings (SSSR count). The van der Waals surface area contributed by atoms with E-state index in [9.17, 15) is 14.7 Å². The van der Waals surface area contributed by atoms with Gasteiger partial charge in [-0.1, -0.05) is 56.2 Å². The van der Waals surface area contributed by atoms with Crippen LogP contribution in [0.25, 0.3) is 0 Å². The van der Waals surface area contributed by atoms with Crippen LogP contribution in [0.15, 0.2) is 60.7 Å². The quantitative estimate of drug-likeness (QED) is 0.598. The first-order chi connectivity index (χ1) is 11.6. The molecule has 1 unspecified atom stereocenters. The predicted octanol–water partition coefficient (Wildman–Crippen LogP) is 2.60. The Morgan fingerprint density at radius 1 is 1.04 bits per heavy atom. The van der Waals surface area contributed by atoms with Crippen LogP contribution in [0, 0.1) is 5.92 Å². The Morgan fingerprint density at radius 3 is 2.17 bits per heavy atom. The lowest BCUT2D eigenvalue weighted by Crippen LogP contribution is -2.47. The molecule has 0 aliphatic carbocycles. The number of anilines is 2. The highest BCUT2D eigenvalue weighted by Gasteiger charge is 2.26. The SMILES string of the molecule is CCCCC(C(=O)[O-])C(=O)N(Nc1ccccc1)c1ccccc1. The Hall–Kier alpha value is -2.82. The lowest BCUT2D eigenvalue weighted by Gasteiger charge is -2.29. The smallest absolute Gasteiger partial charge is 0.254 e.